The van der Waals surface area contributed by atoms with Crippen LogP contribution in [0.1, 0.15) is 43.4 Å². The third-order valence-electron chi connectivity index (χ3n) is 7.37. The third-order valence-corrected chi connectivity index (χ3v) is 8.36. The number of nitrogens with zero attached hydrogens (tertiary/aromatic N) is 6. The number of aromatic nitrogens is 3. The number of carbonyl (C=O) groups is 1. The molecule has 1 fully saturated rings. The molecule has 1 aromatic heterocycles. The van der Waals surface area contributed by atoms with Crippen LogP contribution in [0.2, 0.25) is 0 Å². The van der Waals surface area contributed by atoms with E-state index in [9.17, 15) is 23.2 Å². The average molecular weight is 660 g/mol. The Morgan fingerprint density at radius 1 is 1.17 bits per heavy atom. The van der Waals surface area contributed by atoms with E-state index in [0.717, 1.165) is 36.3 Å². The molecule has 2 heterocycles. The van der Waals surface area contributed by atoms with Gasteiger partial charge in [-0.1, -0.05) is 61.5 Å². The van der Waals surface area contributed by atoms with E-state index in [4.69, 9.17) is 0 Å². The first kappa shape index (κ1) is 33.3. The minimum Gasteiger partial charge on any atom is -0.406 e. The SMILES string of the molecule is CCCc1ccc(C)cc1N1/C(=N/C(=O)N/C=C(\C#N)c2ccc(-c3ncn(-c4ccc(OC(F)(F)F)cc4)n3)cc2)SCCC1C. The number of hydrogen-bond donors (Lipinski definition) is 1. The molecule has 0 bridgehead atoms. The number of anilines is 1. The van der Waals surface area contributed by atoms with Crippen LogP contribution in [0.5, 0.6) is 5.75 Å². The average Bonchev–Trinajstić information content (AvgIpc) is 3.53. The van der Waals surface area contributed by atoms with Gasteiger partial charge in [0.1, 0.15) is 18.1 Å². The highest BCUT2D eigenvalue weighted by Crippen LogP contribution is 2.33. The summed E-state index contributed by atoms with van der Waals surface area (Å²) >= 11 is 1.54. The fourth-order valence-electron chi connectivity index (χ4n) is 5.07. The van der Waals surface area contributed by atoms with Crippen LogP contribution >= 0.6 is 11.8 Å². The molecule has 13 heteroatoms. The summed E-state index contributed by atoms with van der Waals surface area (Å²) in [4.78, 5) is 23.8. The van der Waals surface area contributed by atoms with Crippen LogP contribution < -0.4 is 15.0 Å². The highest BCUT2D eigenvalue weighted by Gasteiger charge is 2.31. The van der Waals surface area contributed by atoms with Crippen LogP contribution in [-0.2, 0) is 6.42 Å². The molecule has 5 rings (SSSR count). The van der Waals surface area contributed by atoms with Crippen molar-refractivity contribution in [2.75, 3.05) is 10.7 Å². The van der Waals surface area contributed by atoms with Gasteiger partial charge in [-0.25, -0.2) is 14.5 Å². The van der Waals surface area contributed by atoms with E-state index in [-0.39, 0.29) is 17.4 Å². The summed E-state index contributed by atoms with van der Waals surface area (Å²) < 4.78 is 42.7. The molecule has 47 heavy (non-hydrogen) atoms. The number of benzene rings is 3. The molecular formula is C34H32F3N7O2S. The molecule has 1 N–H and O–H groups in total. The normalized spacial score (nSPS) is 16.2. The van der Waals surface area contributed by atoms with Gasteiger partial charge in [-0.15, -0.1) is 18.3 Å². The van der Waals surface area contributed by atoms with Gasteiger partial charge >= 0.3 is 12.4 Å². The van der Waals surface area contributed by atoms with Gasteiger partial charge in [-0.2, -0.15) is 10.3 Å². The van der Waals surface area contributed by atoms with Gasteiger partial charge in [0.15, 0.2) is 11.0 Å². The summed E-state index contributed by atoms with van der Waals surface area (Å²) in [7, 11) is 0. The van der Waals surface area contributed by atoms with Crippen LogP contribution in [0.25, 0.3) is 22.6 Å². The van der Waals surface area contributed by atoms with Crippen LogP contribution in [0, 0.1) is 18.3 Å². The molecule has 1 unspecified atom stereocenters. The van der Waals surface area contributed by atoms with Gasteiger partial charge < -0.3 is 15.0 Å². The van der Waals surface area contributed by atoms with Crippen molar-refractivity contribution in [3.8, 4) is 28.9 Å². The van der Waals surface area contributed by atoms with Gasteiger partial charge in [-0.05, 0) is 73.7 Å². The van der Waals surface area contributed by atoms with Crippen molar-refractivity contribution < 1.29 is 22.7 Å². The lowest BCUT2D eigenvalue weighted by Crippen LogP contribution is -2.42. The topological polar surface area (TPSA) is 108 Å². The number of aliphatic imine (C=N–C) groups is 1. The zero-order valence-corrected chi connectivity index (χ0v) is 26.8. The lowest BCUT2D eigenvalue weighted by Gasteiger charge is -2.37. The predicted molar refractivity (Wildman–Crippen MR) is 177 cm³/mol. The van der Waals surface area contributed by atoms with Gasteiger partial charge in [-0.3, -0.25) is 0 Å². The van der Waals surface area contributed by atoms with Crippen LogP contribution in [0.15, 0.2) is 84.2 Å². The highest BCUT2D eigenvalue weighted by atomic mass is 32.2. The number of nitrogens with one attached hydrogen (secondary N) is 1. The number of carbonyl (C=O) groups excluding carboxylic acids is 1. The second-order valence-electron chi connectivity index (χ2n) is 10.9. The van der Waals surface area contributed by atoms with E-state index in [1.54, 1.807) is 24.3 Å². The predicted octanol–water partition coefficient (Wildman–Crippen LogP) is 8.06. The minimum atomic E-state index is -4.77. The Bertz CT molecular complexity index is 1830. The zero-order chi connectivity index (χ0) is 33.6. The van der Waals surface area contributed by atoms with Crippen molar-refractivity contribution in [3.63, 3.8) is 0 Å². The fourth-order valence-corrected chi connectivity index (χ4v) is 6.27. The maximum atomic E-state index is 13.0. The maximum Gasteiger partial charge on any atom is 0.573 e. The summed E-state index contributed by atoms with van der Waals surface area (Å²) in [6.45, 7) is 6.33. The molecule has 1 aliphatic rings. The molecule has 3 aromatic carbocycles. The lowest BCUT2D eigenvalue weighted by atomic mass is 10.0. The first-order chi connectivity index (χ1) is 22.5. The summed E-state index contributed by atoms with van der Waals surface area (Å²) in [5, 5.41) is 17.5. The Kier molecular flexibility index (Phi) is 10.3. The Morgan fingerprint density at radius 2 is 1.91 bits per heavy atom. The molecule has 1 aliphatic heterocycles. The first-order valence-corrected chi connectivity index (χ1v) is 15.9. The van der Waals surface area contributed by atoms with Gasteiger partial charge in [0.05, 0.1) is 11.3 Å². The molecule has 0 aliphatic carbocycles. The Labute approximate surface area is 274 Å². The van der Waals surface area contributed by atoms with Gasteiger partial charge in [0, 0.05) is 29.2 Å². The number of halogens is 3. The molecule has 0 spiro atoms. The Balaban J connectivity index is 1.28. The highest BCUT2D eigenvalue weighted by molar-refractivity contribution is 8.14. The monoisotopic (exact) mass is 659 g/mol. The van der Waals surface area contributed by atoms with Crippen molar-refractivity contribution in [2.45, 2.75) is 52.4 Å². The summed E-state index contributed by atoms with van der Waals surface area (Å²) in [5.74, 6) is 0.883. The summed E-state index contributed by atoms with van der Waals surface area (Å²) in [5.41, 5.74) is 5.36. The van der Waals surface area contributed by atoms with Crippen molar-refractivity contribution in [1.82, 2.24) is 20.1 Å². The van der Waals surface area contributed by atoms with E-state index in [1.165, 1.54) is 58.8 Å². The number of thioether (sulfide) groups is 1. The van der Waals surface area contributed by atoms with Crippen molar-refractivity contribution in [2.24, 2.45) is 4.99 Å². The number of amidine groups is 1. The van der Waals surface area contributed by atoms with Gasteiger partial charge in [0.25, 0.3) is 0 Å². The van der Waals surface area contributed by atoms with Crippen molar-refractivity contribution in [1.29, 1.82) is 5.26 Å². The summed E-state index contributed by atoms with van der Waals surface area (Å²) in [6.07, 6.45) is 0.898. The number of alkyl halides is 3. The first-order valence-electron chi connectivity index (χ1n) is 14.9. The third kappa shape index (κ3) is 8.39. The fraction of sp³-hybridized carbons (Fsp3) is 0.265. The zero-order valence-electron chi connectivity index (χ0n) is 26.0. The van der Waals surface area contributed by atoms with Gasteiger partial charge in [0.2, 0.25) is 0 Å². The molecule has 1 saturated heterocycles. The molecule has 1 atom stereocenters. The van der Waals surface area contributed by atoms with E-state index in [0.29, 0.717) is 27.8 Å². The molecule has 0 radical (unpaired) electrons. The quantitative estimate of drug-likeness (QED) is 0.191. The second kappa shape index (κ2) is 14.6. The van der Waals surface area contributed by atoms with Crippen molar-refractivity contribution >= 4 is 34.2 Å². The lowest BCUT2D eigenvalue weighted by molar-refractivity contribution is -0.274. The number of urea groups is 1. The van der Waals surface area contributed by atoms with Crippen LogP contribution in [0.4, 0.5) is 23.7 Å². The smallest absolute Gasteiger partial charge is 0.406 e. The second-order valence-corrected chi connectivity index (χ2v) is 11.9. The summed E-state index contributed by atoms with van der Waals surface area (Å²) in [6, 6.07) is 20.2. The molecule has 9 nitrogen and oxygen atoms in total. The number of amides is 2. The number of aryl methyl sites for hydroxylation is 2. The van der Waals surface area contributed by atoms with Crippen LogP contribution in [0.3, 0.4) is 0 Å². The molecule has 4 aromatic rings. The van der Waals surface area contributed by atoms with Crippen molar-refractivity contribution in [3.05, 3.63) is 95.9 Å². The number of nitriles is 1. The molecule has 242 valence electrons. The minimum absolute atomic E-state index is 0.170. The number of hydrogen-bond acceptors (Lipinski definition) is 6. The van der Waals surface area contributed by atoms with E-state index in [1.807, 2.05) is 0 Å². The van der Waals surface area contributed by atoms with E-state index < -0.39 is 12.4 Å². The standard InChI is InChI=1S/C34H32F3N7O2S/c1-4-5-25-7-6-22(2)18-30(25)44-23(3)16-17-47-33(44)41-32(45)39-20-27(19-38)24-8-10-26(11-9-24)31-40-21-43(42-31)28-12-14-29(15-13-28)46-34(35,36)37/h6-15,18,20-21,23H,4-5,16-17H2,1-3H3,(H,39,45)/b27-20+,41-33-. The molecule has 0 saturated carbocycles. The molecular weight excluding hydrogens is 627 g/mol. The number of ether oxygens (including phenoxy) is 1. The number of rotatable bonds is 8. The maximum absolute atomic E-state index is 13.0. The Morgan fingerprint density at radius 3 is 2.60 bits per heavy atom. The van der Waals surface area contributed by atoms with Crippen LogP contribution in [-0.4, -0.2) is 44.1 Å². The largest absolute Gasteiger partial charge is 0.573 e. The Hall–Kier alpha value is -5.09. The van der Waals surface area contributed by atoms with E-state index in [2.05, 4.69) is 75.1 Å². The number of allylic oxidation sites excluding steroid dienone is 1. The van der Waals surface area contributed by atoms with E-state index >= 15 is 0 Å². The molecule has 2 amide bonds.